The van der Waals surface area contributed by atoms with E-state index in [2.05, 4.69) is 133 Å². The van der Waals surface area contributed by atoms with Gasteiger partial charge < -0.3 is 4.90 Å². The molecule has 0 radical (unpaired) electrons. The second-order valence-corrected chi connectivity index (χ2v) is 10.9. The van der Waals surface area contributed by atoms with Gasteiger partial charge in [-0.2, -0.15) is 0 Å². The Morgan fingerprint density at radius 2 is 0.857 bits per heavy atom. The molecule has 0 amide bonds. The second-order valence-electron chi connectivity index (χ2n) is 10.9. The molecule has 1 unspecified atom stereocenters. The third kappa shape index (κ3) is 5.66. The van der Waals surface area contributed by atoms with E-state index in [4.69, 9.17) is 0 Å². The van der Waals surface area contributed by atoms with Crippen molar-refractivity contribution in [2.45, 2.75) is 104 Å². The van der Waals surface area contributed by atoms with Crippen LogP contribution < -0.4 is 4.90 Å². The number of hydrogen-bond donors (Lipinski definition) is 0. The number of benzene rings is 3. The topological polar surface area (TPSA) is 3.24 Å². The average Bonchev–Trinajstić information content (AvgIpc) is 2.93. The van der Waals surface area contributed by atoms with E-state index >= 15 is 0 Å². The second kappa shape index (κ2) is 11.5. The van der Waals surface area contributed by atoms with Crippen molar-refractivity contribution in [2.24, 2.45) is 0 Å². The van der Waals surface area contributed by atoms with Crippen LogP contribution in [0.4, 0.5) is 17.1 Å². The first-order chi connectivity index (χ1) is 16.7. The van der Waals surface area contributed by atoms with Gasteiger partial charge in [-0.15, -0.1) is 0 Å². The van der Waals surface area contributed by atoms with Crippen LogP contribution in [0.5, 0.6) is 0 Å². The molecule has 0 heterocycles. The summed E-state index contributed by atoms with van der Waals surface area (Å²) in [5.74, 6) is 0.581. The Kier molecular flexibility index (Phi) is 8.86. The first-order valence-corrected chi connectivity index (χ1v) is 13.9. The van der Waals surface area contributed by atoms with Gasteiger partial charge in [-0.05, 0) is 102 Å². The largest absolute Gasteiger partial charge is 0.311 e. The minimum atomic E-state index is 0.230. The molecular formula is C34H47N. The Hall–Kier alpha value is -2.54. The van der Waals surface area contributed by atoms with E-state index in [0.29, 0.717) is 5.92 Å². The molecule has 0 bridgehead atoms. The van der Waals surface area contributed by atoms with E-state index in [1.54, 1.807) is 0 Å². The Morgan fingerprint density at radius 1 is 0.543 bits per heavy atom. The highest BCUT2D eigenvalue weighted by molar-refractivity contribution is 5.77. The summed E-state index contributed by atoms with van der Waals surface area (Å²) in [6, 6.07) is 27.7. The summed E-state index contributed by atoms with van der Waals surface area (Å²) in [5.41, 5.74) is 8.35. The zero-order valence-corrected chi connectivity index (χ0v) is 23.5. The molecule has 0 fully saturated rings. The molecule has 0 saturated carbocycles. The maximum atomic E-state index is 2.40. The molecule has 0 aliphatic heterocycles. The molecule has 3 rings (SSSR count). The smallest absolute Gasteiger partial charge is 0.0461 e. The molecule has 0 aliphatic carbocycles. The van der Waals surface area contributed by atoms with E-state index in [9.17, 15) is 0 Å². The van der Waals surface area contributed by atoms with Crippen LogP contribution in [0.2, 0.25) is 0 Å². The molecule has 0 N–H and O–H groups in total. The van der Waals surface area contributed by atoms with Gasteiger partial charge in [0.1, 0.15) is 0 Å². The van der Waals surface area contributed by atoms with Crippen LogP contribution >= 0.6 is 0 Å². The predicted molar refractivity (Wildman–Crippen MR) is 156 cm³/mol. The van der Waals surface area contributed by atoms with E-state index in [1.165, 1.54) is 33.8 Å². The summed E-state index contributed by atoms with van der Waals surface area (Å²) in [5, 5.41) is 0. The monoisotopic (exact) mass is 469 g/mol. The molecule has 0 spiro atoms. The van der Waals surface area contributed by atoms with E-state index in [-0.39, 0.29) is 10.8 Å². The quantitative estimate of drug-likeness (QED) is 0.270. The molecule has 0 saturated heterocycles. The van der Waals surface area contributed by atoms with Gasteiger partial charge in [0.2, 0.25) is 0 Å². The number of nitrogens with zero attached hydrogens (tertiary/aromatic N) is 1. The molecule has 3 aromatic rings. The molecule has 188 valence electrons. The first-order valence-electron chi connectivity index (χ1n) is 13.9. The van der Waals surface area contributed by atoms with Crippen LogP contribution in [0.25, 0.3) is 0 Å². The van der Waals surface area contributed by atoms with Gasteiger partial charge in [-0.1, -0.05) is 91.8 Å². The lowest BCUT2D eigenvalue weighted by atomic mass is 9.78. The van der Waals surface area contributed by atoms with Gasteiger partial charge in [0, 0.05) is 17.1 Å². The highest BCUT2D eigenvalue weighted by Crippen LogP contribution is 2.39. The van der Waals surface area contributed by atoms with Crippen molar-refractivity contribution in [3.8, 4) is 0 Å². The van der Waals surface area contributed by atoms with Gasteiger partial charge >= 0.3 is 0 Å². The molecule has 1 heteroatoms. The Bertz CT molecular complexity index is 974. The molecule has 35 heavy (non-hydrogen) atoms. The van der Waals surface area contributed by atoms with E-state index in [1.807, 2.05) is 0 Å². The molecule has 1 nitrogen and oxygen atoms in total. The summed E-state index contributed by atoms with van der Waals surface area (Å²) in [6.45, 7) is 18.5. The van der Waals surface area contributed by atoms with Gasteiger partial charge in [-0.25, -0.2) is 0 Å². The highest BCUT2D eigenvalue weighted by atomic mass is 15.1. The van der Waals surface area contributed by atoms with Gasteiger partial charge in [0.15, 0.2) is 0 Å². The lowest BCUT2D eigenvalue weighted by molar-refractivity contribution is 0.439. The fraction of sp³-hybridized carbons (Fsp3) is 0.471. The fourth-order valence-electron chi connectivity index (χ4n) is 4.98. The van der Waals surface area contributed by atoms with E-state index < -0.39 is 0 Å². The van der Waals surface area contributed by atoms with Crippen molar-refractivity contribution >= 4 is 17.1 Å². The zero-order valence-electron chi connectivity index (χ0n) is 23.5. The lowest BCUT2D eigenvalue weighted by Crippen LogP contribution is -2.20. The normalized spacial score (nSPS) is 13.0. The minimum absolute atomic E-state index is 0.230. The third-order valence-electron chi connectivity index (χ3n) is 9.10. The SMILES string of the molecule is CCC(C)c1ccc(N(c2ccc(C(C)(CC)CC)cc2)c2ccc(C(C)(CC)CC)cc2)cc1. The number of rotatable bonds is 11. The number of anilines is 3. The maximum Gasteiger partial charge on any atom is 0.0461 e. The Labute approximate surface area is 215 Å². The van der Waals surface area contributed by atoms with Crippen LogP contribution in [-0.4, -0.2) is 0 Å². The van der Waals surface area contributed by atoms with Crippen molar-refractivity contribution in [3.05, 3.63) is 89.5 Å². The Morgan fingerprint density at radius 3 is 1.14 bits per heavy atom. The van der Waals surface area contributed by atoms with Crippen molar-refractivity contribution in [1.82, 2.24) is 0 Å². The van der Waals surface area contributed by atoms with Gasteiger partial charge in [0.25, 0.3) is 0 Å². The zero-order chi connectivity index (χ0) is 25.6. The van der Waals surface area contributed by atoms with Gasteiger partial charge in [0.05, 0.1) is 0 Å². The average molecular weight is 470 g/mol. The van der Waals surface area contributed by atoms with Crippen LogP contribution in [0, 0.1) is 0 Å². The van der Waals surface area contributed by atoms with Crippen LogP contribution in [0.1, 0.15) is 110 Å². The molecule has 0 aliphatic rings. The van der Waals surface area contributed by atoms with Crippen LogP contribution in [0.3, 0.4) is 0 Å². The minimum Gasteiger partial charge on any atom is -0.311 e. The fourth-order valence-corrected chi connectivity index (χ4v) is 4.98. The van der Waals surface area contributed by atoms with Crippen molar-refractivity contribution in [1.29, 1.82) is 0 Å². The summed E-state index contributed by atoms with van der Waals surface area (Å²) in [4.78, 5) is 2.40. The highest BCUT2D eigenvalue weighted by Gasteiger charge is 2.24. The summed E-state index contributed by atoms with van der Waals surface area (Å²) in [7, 11) is 0. The molecule has 0 aromatic heterocycles. The standard InChI is InChI=1S/C34H47N/c1-9-26(6)27-14-20-30(21-15-27)35(31-22-16-28(17-23-31)33(7,10-2)11-3)32-24-18-29(19-25-32)34(8,12-4)13-5/h14-26H,9-13H2,1-8H3. The summed E-state index contributed by atoms with van der Waals surface area (Å²) < 4.78 is 0. The third-order valence-corrected chi connectivity index (χ3v) is 9.10. The van der Waals surface area contributed by atoms with Crippen molar-refractivity contribution in [3.63, 3.8) is 0 Å². The first kappa shape index (κ1) is 27.1. The molecular weight excluding hydrogens is 422 g/mol. The summed E-state index contributed by atoms with van der Waals surface area (Å²) >= 11 is 0. The Balaban J connectivity index is 2.06. The molecule has 3 aromatic carbocycles. The lowest BCUT2D eigenvalue weighted by Gasteiger charge is -2.31. The van der Waals surface area contributed by atoms with E-state index in [0.717, 1.165) is 32.1 Å². The maximum absolute atomic E-state index is 2.40. The van der Waals surface area contributed by atoms with Gasteiger partial charge in [-0.3, -0.25) is 0 Å². The summed E-state index contributed by atoms with van der Waals surface area (Å²) in [6.07, 6.45) is 5.77. The molecule has 1 atom stereocenters. The van der Waals surface area contributed by atoms with Crippen LogP contribution in [0.15, 0.2) is 72.8 Å². The van der Waals surface area contributed by atoms with Crippen LogP contribution in [-0.2, 0) is 10.8 Å². The van der Waals surface area contributed by atoms with Crippen molar-refractivity contribution in [2.75, 3.05) is 4.90 Å². The van der Waals surface area contributed by atoms with Crippen molar-refractivity contribution < 1.29 is 0 Å². The number of hydrogen-bond acceptors (Lipinski definition) is 1. The predicted octanol–water partition coefficient (Wildman–Crippen LogP) is 10.8.